The van der Waals surface area contributed by atoms with E-state index in [0.29, 0.717) is 28.4 Å². The number of thiazole rings is 1. The maximum Gasteiger partial charge on any atom is 0.236 e. The highest BCUT2D eigenvalue weighted by atomic mass is 35.5. The Kier molecular flexibility index (Phi) is 7.81. The minimum absolute atomic E-state index is 0.111. The third-order valence-corrected chi connectivity index (χ3v) is 6.81. The van der Waals surface area contributed by atoms with Crippen LogP contribution in [0.5, 0.6) is 5.75 Å². The molecule has 1 amide bonds. The lowest BCUT2D eigenvalue weighted by molar-refractivity contribution is -0.113. The Balaban J connectivity index is 1.33. The lowest BCUT2D eigenvalue weighted by Gasteiger charge is -2.10. The van der Waals surface area contributed by atoms with Crippen LogP contribution in [0.1, 0.15) is 18.3 Å². The third-order valence-electron chi connectivity index (χ3n) is 4.79. The smallest absolute Gasteiger partial charge is 0.236 e. The van der Waals surface area contributed by atoms with Gasteiger partial charge in [0.25, 0.3) is 0 Å². The fraction of sp³-hybridized carbons (Fsp3) is 0.217. The number of aromatic nitrogens is 4. The minimum Gasteiger partial charge on any atom is -0.484 e. The number of benzene rings is 2. The molecule has 34 heavy (non-hydrogen) atoms. The Hall–Kier alpha value is -2.95. The Morgan fingerprint density at radius 2 is 2.03 bits per heavy atom. The number of ether oxygens (including phenoxy) is 1. The van der Waals surface area contributed by atoms with Crippen LogP contribution in [0.4, 0.5) is 9.52 Å². The Labute approximate surface area is 209 Å². The quantitative estimate of drug-likeness (QED) is 0.281. The van der Waals surface area contributed by atoms with E-state index in [4.69, 9.17) is 16.3 Å². The number of aryl methyl sites for hydroxylation is 1. The fourth-order valence-electron chi connectivity index (χ4n) is 3.06. The van der Waals surface area contributed by atoms with E-state index in [1.807, 2.05) is 48.1 Å². The van der Waals surface area contributed by atoms with Crippen molar-refractivity contribution >= 4 is 45.7 Å². The van der Waals surface area contributed by atoms with Crippen molar-refractivity contribution in [1.29, 1.82) is 0 Å². The highest BCUT2D eigenvalue weighted by Gasteiger charge is 2.15. The van der Waals surface area contributed by atoms with E-state index >= 15 is 0 Å². The summed E-state index contributed by atoms with van der Waals surface area (Å²) in [6.07, 6.45) is 0. The van der Waals surface area contributed by atoms with Gasteiger partial charge in [0.15, 0.2) is 16.1 Å². The number of halogens is 2. The number of anilines is 1. The first kappa shape index (κ1) is 24.2. The first-order valence-corrected chi connectivity index (χ1v) is 12.6. The van der Waals surface area contributed by atoms with Gasteiger partial charge < -0.3 is 14.6 Å². The molecule has 0 aliphatic heterocycles. The number of rotatable bonds is 9. The minimum atomic E-state index is -0.435. The van der Waals surface area contributed by atoms with Gasteiger partial charge in [-0.1, -0.05) is 53.2 Å². The summed E-state index contributed by atoms with van der Waals surface area (Å²) in [5.74, 6) is 0.470. The Morgan fingerprint density at radius 1 is 1.24 bits per heavy atom. The Bertz CT molecular complexity index is 1290. The van der Waals surface area contributed by atoms with E-state index in [1.54, 1.807) is 0 Å². The maximum atomic E-state index is 13.2. The molecule has 0 saturated carbocycles. The van der Waals surface area contributed by atoms with Crippen molar-refractivity contribution in [2.24, 2.45) is 0 Å². The molecular weight excluding hydrogens is 497 g/mol. The van der Waals surface area contributed by atoms with Gasteiger partial charge in [-0.25, -0.2) is 9.37 Å². The summed E-state index contributed by atoms with van der Waals surface area (Å²) in [7, 11) is 0. The normalized spacial score (nSPS) is 10.9. The molecule has 0 radical (unpaired) electrons. The van der Waals surface area contributed by atoms with Crippen molar-refractivity contribution < 1.29 is 13.9 Å². The molecule has 0 aliphatic rings. The molecule has 4 aromatic rings. The zero-order valence-corrected chi connectivity index (χ0v) is 20.8. The molecule has 1 N–H and O–H groups in total. The van der Waals surface area contributed by atoms with E-state index in [9.17, 15) is 9.18 Å². The maximum absolute atomic E-state index is 13.2. The summed E-state index contributed by atoms with van der Waals surface area (Å²) in [5.41, 5.74) is 3.01. The van der Waals surface area contributed by atoms with Crippen LogP contribution in [0.25, 0.3) is 11.3 Å². The fourth-order valence-corrected chi connectivity index (χ4v) is 4.84. The third kappa shape index (κ3) is 5.94. The van der Waals surface area contributed by atoms with Crippen LogP contribution in [0, 0.1) is 12.7 Å². The predicted octanol–water partition coefficient (Wildman–Crippen LogP) is 5.83. The number of carbonyl (C=O) groups excluding carboxylic acids is 1. The summed E-state index contributed by atoms with van der Waals surface area (Å²) in [6, 6.07) is 12.0. The van der Waals surface area contributed by atoms with Gasteiger partial charge in [-0.2, -0.15) is 0 Å². The average molecular weight is 518 g/mol. The monoisotopic (exact) mass is 517 g/mol. The second-order valence-electron chi connectivity index (χ2n) is 7.25. The van der Waals surface area contributed by atoms with E-state index < -0.39 is 5.82 Å². The summed E-state index contributed by atoms with van der Waals surface area (Å²) in [5, 5.41) is 14.4. The highest BCUT2D eigenvalue weighted by molar-refractivity contribution is 7.99. The van der Waals surface area contributed by atoms with Gasteiger partial charge in [0.2, 0.25) is 5.91 Å². The summed E-state index contributed by atoms with van der Waals surface area (Å²) in [4.78, 5) is 17.0. The van der Waals surface area contributed by atoms with Crippen LogP contribution in [0.2, 0.25) is 5.02 Å². The largest absolute Gasteiger partial charge is 0.484 e. The molecule has 0 saturated heterocycles. The molecule has 4 rings (SSSR count). The van der Waals surface area contributed by atoms with Gasteiger partial charge in [-0.15, -0.1) is 21.5 Å². The van der Waals surface area contributed by atoms with Crippen molar-refractivity contribution in [2.75, 3.05) is 11.1 Å². The van der Waals surface area contributed by atoms with Crippen LogP contribution in [0.15, 0.2) is 53.0 Å². The summed E-state index contributed by atoms with van der Waals surface area (Å²) < 4.78 is 20.7. The zero-order chi connectivity index (χ0) is 24.1. The van der Waals surface area contributed by atoms with E-state index in [2.05, 4.69) is 20.5 Å². The van der Waals surface area contributed by atoms with Crippen LogP contribution in [0.3, 0.4) is 0 Å². The van der Waals surface area contributed by atoms with Crippen LogP contribution in [-0.2, 0) is 17.9 Å². The molecule has 2 heterocycles. The lowest BCUT2D eigenvalue weighted by atomic mass is 10.1. The van der Waals surface area contributed by atoms with Gasteiger partial charge >= 0.3 is 0 Å². The van der Waals surface area contributed by atoms with Gasteiger partial charge in [-0.3, -0.25) is 4.79 Å². The van der Waals surface area contributed by atoms with Crippen LogP contribution < -0.4 is 10.1 Å². The molecular formula is C23H21ClFN5O2S2. The molecule has 7 nitrogen and oxygen atoms in total. The van der Waals surface area contributed by atoms with Gasteiger partial charge in [0.05, 0.1) is 16.5 Å². The molecule has 0 bridgehead atoms. The highest BCUT2D eigenvalue weighted by Crippen LogP contribution is 2.27. The Morgan fingerprint density at radius 3 is 2.76 bits per heavy atom. The zero-order valence-electron chi connectivity index (χ0n) is 18.4. The summed E-state index contributed by atoms with van der Waals surface area (Å²) >= 11 is 8.66. The van der Waals surface area contributed by atoms with Crippen LogP contribution in [-0.4, -0.2) is 31.4 Å². The number of nitrogens with zero attached hydrogens (tertiary/aromatic N) is 4. The number of hydrogen-bond donors (Lipinski definition) is 1. The summed E-state index contributed by atoms with van der Waals surface area (Å²) in [6.45, 7) is 4.69. The number of amides is 1. The van der Waals surface area contributed by atoms with Crippen molar-refractivity contribution in [1.82, 2.24) is 19.7 Å². The van der Waals surface area contributed by atoms with Crippen LogP contribution >= 0.6 is 34.7 Å². The second-order valence-corrected chi connectivity index (χ2v) is 9.46. The molecule has 0 aliphatic carbocycles. The predicted molar refractivity (Wildman–Crippen MR) is 133 cm³/mol. The van der Waals surface area contributed by atoms with Gasteiger partial charge in [-0.05, 0) is 32.0 Å². The SMILES string of the molecule is CCn1c(COc2ccc(F)cc2Cl)nnc1SCC(=O)Nc1nc(-c2ccc(C)cc2)cs1. The van der Waals surface area contributed by atoms with Crippen molar-refractivity contribution in [3.63, 3.8) is 0 Å². The molecule has 0 spiro atoms. The van der Waals surface area contributed by atoms with E-state index in [-0.39, 0.29) is 23.3 Å². The molecule has 2 aromatic heterocycles. The first-order valence-electron chi connectivity index (χ1n) is 10.4. The second kappa shape index (κ2) is 11.0. The van der Waals surface area contributed by atoms with Crippen molar-refractivity contribution in [2.45, 2.75) is 32.2 Å². The molecule has 0 fully saturated rings. The number of thioether (sulfide) groups is 1. The standard InChI is InChI=1S/C23H21ClFN5O2S2/c1-3-30-20(11-32-19-9-8-16(25)10-17(19)24)28-29-23(30)34-13-21(31)27-22-26-18(12-33-22)15-6-4-14(2)5-7-15/h4-10,12H,3,11,13H2,1-2H3,(H,26,27,31). The molecule has 2 aromatic carbocycles. The number of carbonyl (C=O) groups is 1. The van der Waals surface area contributed by atoms with Gasteiger partial charge in [0.1, 0.15) is 18.2 Å². The number of nitrogens with one attached hydrogen (secondary N) is 1. The van der Waals surface area contributed by atoms with Gasteiger partial charge in [0, 0.05) is 17.5 Å². The van der Waals surface area contributed by atoms with E-state index in [0.717, 1.165) is 11.3 Å². The van der Waals surface area contributed by atoms with Crippen molar-refractivity contribution in [3.8, 4) is 17.0 Å². The van der Waals surface area contributed by atoms with E-state index in [1.165, 1.54) is 46.9 Å². The topological polar surface area (TPSA) is 81.9 Å². The molecule has 0 atom stereocenters. The number of hydrogen-bond acceptors (Lipinski definition) is 7. The van der Waals surface area contributed by atoms with Crippen molar-refractivity contribution in [3.05, 3.63) is 70.1 Å². The molecule has 176 valence electrons. The lowest BCUT2D eigenvalue weighted by Crippen LogP contribution is -2.14. The first-order chi connectivity index (χ1) is 16.4. The average Bonchev–Trinajstić information content (AvgIpc) is 3.44. The molecule has 0 unspecified atom stereocenters. The molecule has 11 heteroatoms.